The van der Waals surface area contributed by atoms with Crippen LogP contribution in [-0.4, -0.2) is 63.3 Å². The topological polar surface area (TPSA) is 69.7 Å². The Morgan fingerprint density at radius 3 is 2.62 bits per heavy atom. The second-order valence-electron chi connectivity index (χ2n) is 5.60. The molecule has 1 aliphatic heterocycles. The van der Waals surface area contributed by atoms with Crippen LogP contribution in [0.15, 0.2) is 16.3 Å². The highest BCUT2D eigenvalue weighted by molar-refractivity contribution is 7.91. The van der Waals surface area contributed by atoms with E-state index in [0.29, 0.717) is 43.5 Å². The summed E-state index contributed by atoms with van der Waals surface area (Å²) in [4.78, 5) is 14.1. The van der Waals surface area contributed by atoms with Crippen molar-refractivity contribution < 1.29 is 13.2 Å². The van der Waals surface area contributed by atoms with Crippen molar-refractivity contribution in [1.82, 2.24) is 14.5 Å². The fourth-order valence-electron chi connectivity index (χ4n) is 2.62. The number of carbonyl (C=O) groups is 1. The molecule has 0 spiro atoms. The highest BCUT2D eigenvalue weighted by Gasteiger charge is 2.30. The molecule has 0 radical (unpaired) electrons. The fraction of sp³-hybridized carbons (Fsp3) is 0.643. The summed E-state index contributed by atoms with van der Waals surface area (Å²) in [6, 6.07) is 3.12. The average Bonchev–Trinajstić information content (AvgIpc) is 2.81. The summed E-state index contributed by atoms with van der Waals surface area (Å²) in [5.74, 6) is -0.0444. The van der Waals surface area contributed by atoms with E-state index in [-0.39, 0.29) is 28.4 Å². The maximum Gasteiger partial charge on any atom is 0.252 e. The van der Waals surface area contributed by atoms with Crippen molar-refractivity contribution in [2.45, 2.75) is 17.6 Å². The highest BCUT2D eigenvalue weighted by Crippen LogP contribution is 2.28. The standard InChI is InChI=1S/C14H22ClN3O3S2.ClH/c1-11(10-16-2)14(19)17-6-3-7-18(9-8-17)23(20,21)13-5-4-12(15)22-13;/h4-5,11,16H,3,6-10H2,1-2H3;1H. The Labute approximate surface area is 158 Å². The van der Waals surface area contributed by atoms with Gasteiger partial charge in [-0.15, -0.1) is 23.7 Å². The number of sulfonamides is 1. The van der Waals surface area contributed by atoms with Crippen LogP contribution in [0.5, 0.6) is 0 Å². The van der Waals surface area contributed by atoms with Crippen LogP contribution in [0.4, 0.5) is 0 Å². The zero-order valence-electron chi connectivity index (χ0n) is 13.7. The van der Waals surface area contributed by atoms with E-state index in [9.17, 15) is 13.2 Å². The molecule has 1 atom stereocenters. The third kappa shape index (κ3) is 5.06. The van der Waals surface area contributed by atoms with Gasteiger partial charge in [-0.25, -0.2) is 8.42 Å². The summed E-state index contributed by atoms with van der Waals surface area (Å²) in [6.07, 6.45) is 0.635. The Morgan fingerprint density at radius 1 is 1.33 bits per heavy atom. The Kier molecular flexibility index (Phi) is 8.44. The molecule has 6 nitrogen and oxygen atoms in total. The summed E-state index contributed by atoms with van der Waals surface area (Å²) in [6.45, 7) is 4.24. The van der Waals surface area contributed by atoms with Crippen LogP contribution >= 0.6 is 35.3 Å². The molecule has 1 N–H and O–H groups in total. The van der Waals surface area contributed by atoms with Crippen LogP contribution in [0.2, 0.25) is 4.34 Å². The highest BCUT2D eigenvalue weighted by atomic mass is 35.5. The Bertz CT molecular complexity index is 651. The lowest BCUT2D eigenvalue weighted by atomic mass is 10.1. The molecule has 0 aromatic carbocycles. The molecule has 0 bridgehead atoms. The van der Waals surface area contributed by atoms with Crippen LogP contribution in [0.3, 0.4) is 0 Å². The number of carbonyl (C=O) groups excluding carboxylic acids is 1. The van der Waals surface area contributed by atoms with E-state index in [2.05, 4.69) is 5.32 Å². The van der Waals surface area contributed by atoms with Gasteiger partial charge in [-0.3, -0.25) is 4.79 Å². The maximum absolute atomic E-state index is 12.6. The van der Waals surface area contributed by atoms with Gasteiger partial charge in [0.05, 0.1) is 4.34 Å². The van der Waals surface area contributed by atoms with Gasteiger partial charge in [0.15, 0.2) is 0 Å². The number of thiophene rings is 1. The van der Waals surface area contributed by atoms with Crippen LogP contribution in [0.1, 0.15) is 13.3 Å². The van der Waals surface area contributed by atoms with Crippen molar-refractivity contribution in [2.24, 2.45) is 5.92 Å². The Morgan fingerprint density at radius 2 is 2.04 bits per heavy atom. The second-order valence-corrected chi connectivity index (χ2v) is 9.48. The smallest absolute Gasteiger partial charge is 0.252 e. The fourth-order valence-corrected chi connectivity index (χ4v) is 5.73. The van der Waals surface area contributed by atoms with Crippen LogP contribution < -0.4 is 5.32 Å². The van der Waals surface area contributed by atoms with E-state index >= 15 is 0 Å². The number of halogens is 2. The molecule has 1 amide bonds. The first kappa shape index (κ1) is 21.7. The zero-order chi connectivity index (χ0) is 17.0. The lowest BCUT2D eigenvalue weighted by molar-refractivity contribution is -0.134. The van der Waals surface area contributed by atoms with Crippen molar-refractivity contribution in [2.75, 3.05) is 39.8 Å². The first-order valence-electron chi connectivity index (χ1n) is 7.55. The van der Waals surface area contributed by atoms with E-state index < -0.39 is 10.0 Å². The second kappa shape index (κ2) is 9.35. The first-order chi connectivity index (χ1) is 10.9. The third-order valence-electron chi connectivity index (χ3n) is 3.84. The van der Waals surface area contributed by atoms with Crippen molar-refractivity contribution in [3.8, 4) is 0 Å². The molecule has 0 saturated carbocycles. The molecule has 24 heavy (non-hydrogen) atoms. The van der Waals surface area contributed by atoms with Gasteiger partial charge in [0.25, 0.3) is 10.0 Å². The predicted octanol–water partition coefficient (Wildman–Crippen LogP) is 1.90. The molecule has 1 saturated heterocycles. The van der Waals surface area contributed by atoms with E-state index in [1.54, 1.807) is 11.0 Å². The number of nitrogens with one attached hydrogen (secondary N) is 1. The lowest BCUT2D eigenvalue weighted by Gasteiger charge is -2.24. The largest absolute Gasteiger partial charge is 0.341 e. The normalized spacial score (nSPS) is 17.9. The van der Waals surface area contributed by atoms with Gasteiger partial charge in [-0.1, -0.05) is 18.5 Å². The molecule has 1 aliphatic rings. The molecule has 0 aliphatic carbocycles. The molecule has 1 fully saturated rings. The molecule has 138 valence electrons. The van der Waals surface area contributed by atoms with Crippen molar-refractivity contribution in [3.05, 3.63) is 16.5 Å². The van der Waals surface area contributed by atoms with Crippen molar-refractivity contribution in [1.29, 1.82) is 0 Å². The van der Waals surface area contributed by atoms with Gasteiger partial charge in [-0.2, -0.15) is 4.31 Å². The maximum atomic E-state index is 12.6. The van der Waals surface area contributed by atoms with Crippen LogP contribution in [0.25, 0.3) is 0 Å². The number of rotatable bonds is 5. The Balaban J connectivity index is 0.00000288. The average molecular weight is 416 g/mol. The SMILES string of the molecule is CNCC(C)C(=O)N1CCCN(S(=O)(=O)c2ccc(Cl)s2)CC1.Cl. The monoisotopic (exact) mass is 415 g/mol. The summed E-state index contributed by atoms with van der Waals surface area (Å²) in [7, 11) is -1.71. The zero-order valence-corrected chi connectivity index (χ0v) is 16.9. The number of hydrogen-bond donors (Lipinski definition) is 1. The third-order valence-corrected chi connectivity index (χ3v) is 7.44. The summed E-state index contributed by atoms with van der Waals surface area (Å²) < 4.78 is 27.4. The minimum Gasteiger partial charge on any atom is -0.341 e. The summed E-state index contributed by atoms with van der Waals surface area (Å²) >= 11 is 6.90. The molecule has 10 heteroatoms. The van der Waals surface area contributed by atoms with Gasteiger partial charge in [0.1, 0.15) is 4.21 Å². The molecular weight excluding hydrogens is 393 g/mol. The molecule has 1 aromatic rings. The number of hydrogen-bond acceptors (Lipinski definition) is 5. The summed E-state index contributed by atoms with van der Waals surface area (Å²) in [5.41, 5.74) is 0. The first-order valence-corrected chi connectivity index (χ1v) is 10.2. The van der Waals surface area contributed by atoms with E-state index in [4.69, 9.17) is 11.6 Å². The van der Waals surface area contributed by atoms with Gasteiger partial charge in [0, 0.05) is 38.6 Å². The Hall–Kier alpha value is -0.380. The van der Waals surface area contributed by atoms with Crippen molar-refractivity contribution in [3.63, 3.8) is 0 Å². The lowest BCUT2D eigenvalue weighted by Crippen LogP contribution is -2.41. The number of nitrogens with zero attached hydrogens (tertiary/aromatic N) is 2. The molecule has 2 rings (SSSR count). The van der Waals surface area contributed by atoms with Crippen LogP contribution in [0, 0.1) is 5.92 Å². The van der Waals surface area contributed by atoms with Gasteiger partial charge in [0.2, 0.25) is 5.91 Å². The molecular formula is C14H23Cl2N3O3S2. The van der Waals surface area contributed by atoms with E-state index in [0.717, 1.165) is 11.3 Å². The molecule has 2 heterocycles. The quantitative estimate of drug-likeness (QED) is 0.796. The molecule has 1 unspecified atom stereocenters. The molecule has 1 aromatic heterocycles. The van der Waals surface area contributed by atoms with E-state index in [1.165, 1.54) is 10.4 Å². The minimum absolute atomic E-state index is 0. The van der Waals surface area contributed by atoms with Crippen LogP contribution in [-0.2, 0) is 14.8 Å². The van der Waals surface area contributed by atoms with Gasteiger partial charge >= 0.3 is 0 Å². The van der Waals surface area contributed by atoms with Gasteiger partial charge in [-0.05, 0) is 25.6 Å². The summed E-state index contributed by atoms with van der Waals surface area (Å²) in [5, 5.41) is 3.00. The minimum atomic E-state index is -3.53. The van der Waals surface area contributed by atoms with Gasteiger partial charge < -0.3 is 10.2 Å². The number of amides is 1. The van der Waals surface area contributed by atoms with E-state index in [1.807, 2.05) is 14.0 Å². The predicted molar refractivity (Wildman–Crippen MR) is 99.6 cm³/mol. The van der Waals surface area contributed by atoms with Crippen molar-refractivity contribution >= 4 is 51.3 Å².